The van der Waals surface area contributed by atoms with E-state index in [1.807, 2.05) is 0 Å². The molecule has 5 nitrogen and oxygen atoms in total. The topological polar surface area (TPSA) is 51.7 Å². The molecule has 0 spiro atoms. The van der Waals surface area contributed by atoms with E-state index in [2.05, 4.69) is 9.72 Å². The molecule has 0 N–H and O–H groups in total. The zero-order chi connectivity index (χ0) is 15.6. The lowest BCUT2D eigenvalue weighted by atomic mass is 10.2. The smallest absolute Gasteiger partial charge is 0.417 e. The molecule has 1 atom stereocenters. The Kier molecular flexibility index (Phi) is 4.58. The van der Waals surface area contributed by atoms with Crippen molar-refractivity contribution in [3.05, 3.63) is 22.8 Å². The number of carbonyl (C=O) groups excluding carboxylic acids is 1. The Morgan fingerprint density at radius 3 is 2.86 bits per heavy atom. The molecule has 1 aliphatic heterocycles. The van der Waals surface area contributed by atoms with Gasteiger partial charge in [-0.3, -0.25) is 0 Å². The number of esters is 1. The number of morpholine rings is 1. The van der Waals surface area contributed by atoms with E-state index < -0.39 is 23.8 Å². The molecule has 0 aliphatic carbocycles. The van der Waals surface area contributed by atoms with E-state index in [0.29, 0.717) is 12.8 Å². The highest BCUT2D eigenvalue weighted by Crippen LogP contribution is 2.34. The zero-order valence-corrected chi connectivity index (χ0v) is 11.7. The van der Waals surface area contributed by atoms with E-state index in [4.69, 9.17) is 16.3 Å². The molecule has 2 rings (SSSR count). The summed E-state index contributed by atoms with van der Waals surface area (Å²) in [6.45, 7) is 0.649. The molecule has 0 bridgehead atoms. The average Bonchev–Trinajstić information content (AvgIpc) is 2.45. The van der Waals surface area contributed by atoms with Crippen LogP contribution in [0.25, 0.3) is 0 Å². The van der Waals surface area contributed by atoms with Crippen molar-refractivity contribution in [1.82, 2.24) is 4.98 Å². The van der Waals surface area contributed by atoms with Crippen molar-refractivity contribution in [3.8, 4) is 0 Å². The van der Waals surface area contributed by atoms with Crippen LogP contribution in [0.1, 0.15) is 5.56 Å². The third-order valence-electron chi connectivity index (χ3n) is 3.02. The quantitative estimate of drug-likeness (QED) is 0.780. The first-order valence-electron chi connectivity index (χ1n) is 5.99. The van der Waals surface area contributed by atoms with Gasteiger partial charge >= 0.3 is 12.1 Å². The summed E-state index contributed by atoms with van der Waals surface area (Å²) >= 11 is 5.88. The highest BCUT2D eigenvalue weighted by molar-refractivity contribution is 6.33. The first kappa shape index (κ1) is 15.8. The first-order chi connectivity index (χ1) is 9.84. The maximum Gasteiger partial charge on any atom is 0.417 e. The Bertz CT molecular complexity index is 539. The number of hydrogen-bond donors (Lipinski definition) is 0. The number of rotatable bonds is 2. The fraction of sp³-hybridized carbons (Fsp3) is 0.500. The van der Waals surface area contributed by atoms with Crippen LogP contribution in [0.2, 0.25) is 5.02 Å². The molecule has 2 heterocycles. The molecule has 1 aliphatic rings. The fourth-order valence-electron chi connectivity index (χ4n) is 1.99. The Hall–Kier alpha value is -1.54. The van der Waals surface area contributed by atoms with E-state index in [0.717, 1.165) is 6.07 Å². The molecule has 21 heavy (non-hydrogen) atoms. The summed E-state index contributed by atoms with van der Waals surface area (Å²) in [6, 6.07) is -0.00118. The number of alkyl halides is 3. The summed E-state index contributed by atoms with van der Waals surface area (Å²) in [5, 5.41) is -0.180. The molecule has 116 valence electrons. The van der Waals surface area contributed by atoms with Crippen LogP contribution < -0.4 is 4.90 Å². The average molecular weight is 325 g/mol. The van der Waals surface area contributed by atoms with Gasteiger partial charge in [-0.05, 0) is 6.07 Å². The van der Waals surface area contributed by atoms with Gasteiger partial charge in [0.05, 0.1) is 30.9 Å². The largest absolute Gasteiger partial charge is 0.467 e. The lowest BCUT2D eigenvalue weighted by molar-refractivity contribution is -0.144. The predicted octanol–water partition coefficient (Wildman–Crippen LogP) is 2.13. The molecule has 1 unspecified atom stereocenters. The minimum Gasteiger partial charge on any atom is -0.467 e. The van der Waals surface area contributed by atoms with Gasteiger partial charge in [-0.25, -0.2) is 9.78 Å². The van der Waals surface area contributed by atoms with Gasteiger partial charge in [-0.15, -0.1) is 0 Å². The third kappa shape index (κ3) is 3.38. The van der Waals surface area contributed by atoms with Crippen molar-refractivity contribution in [2.45, 2.75) is 12.2 Å². The normalized spacial score (nSPS) is 19.5. The number of hydrogen-bond acceptors (Lipinski definition) is 5. The second-order valence-corrected chi connectivity index (χ2v) is 4.74. The van der Waals surface area contributed by atoms with Crippen LogP contribution in [0, 0.1) is 0 Å². The van der Waals surface area contributed by atoms with Crippen LogP contribution in [0.15, 0.2) is 12.3 Å². The van der Waals surface area contributed by atoms with Crippen molar-refractivity contribution in [2.75, 3.05) is 31.8 Å². The summed E-state index contributed by atoms with van der Waals surface area (Å²) in [6.07, 6.45) is -3.84. The molecule has 1 saturated heterocycles. The second-order valence-electron chi connectivity index (χ2n) is 4.33. The zero-order valence-electron chi connectivity index (χ0n) is 11.0. The van der Waals surface area contributed by atoms with Gasteiger partial charge in [0.15, 0.2) is 6.04 Å². The maximum absolute atomic E-state index is 12.6. The van der Waals surface area contributed by atoms with Crippen LogP contribution in [-0.4, -0.2) is 43.9 Å². The van der Waals surface area contributed by atoms with Crippen LogP contribution in [0.3, 0.4) is 0 Å². The number of carbonyl (C=O) groups is 1. The fourth-order valence-corrected chi connectivity index (χ4v) is 2.26. The highest BCUT2D eigenvalue weighted by atomic mass is 35.5. The van der Waals surface area contributed by atoms with E-state index in [-0.39, 0.29) is 24.0 Å². The maximum atomic E-state index is 12.6. The standard InChI is InChI=1S/C12H12ClF3N2O3/c1-20-11(19)9-6-21-3-2-18(9)10-8(13)4-7(5-17-10)12(14,15)16/h4-5,9H,2-3,6H2,1H3. The Labute approximate surface area is 123 Å². The first-order valence-corrected chi connectivity index (χ1v) is 6.37. The lowest BCUT2D eigenvalue weighted by Crippen LogP contribution is -2.51. The number of halogens is 4. The van der Waals surface area contributed by atoms with Gasteiger partial charge in [0.2, 0.25) is 0 Å². The number of ether oxygens (including phenoxy) is 2. The van der Waals surface area contributed by atoms with Crippen molar-refractivity contribution in [3.63, 3.8) is 0 Å². The number of methoxy groups -OCH3 is 1. The molecule has 0 radical (unpaired) electrons. The Morgan fingerprint density at radius 1 is 1.57 bits per heavy atom. The summed E-state index contributed by atoms with van der Waals surface area (Å²) in [4.78, 5) is 16.9. The summed E-state index contributed by atoms with van der Waals surface area (Å²) in [5.41, 5.74) is -0.945. The number of aromatic nitrogens is 1. The summed E-state index contributed by atoms with van der Waals surface area (Å²) in [7, 11) is 1.22. The minimum atomic E-state index is -4.53. The SMILES string of the molecule is COC(=O)C1COCCN1c1ncc(C(F)(F)F)cc1Cl. The van der Waals surface area contributed by atoms with Crippen LogP contribution >= 0.6 is 11.6 Å². The van der Waals surface area contributed by atoms with E-state index in [9.17, 15) is 18.0 Å². The van der Waals surface area contributed by atoms with Crippen molar-refractivity contribution < 1.29 is 27.4 Å². The molecular formula is C12H12ClF3N2O3. The lowest BCUT2D eigenvalue weighted by Gasteiger charge is -2.35. The monoisotopic (exact) mass is 324 g/mol. The van der Waals surface area contributed by atoms with Crippen molar-refractivity contribution in [1.29, 1.82) is 0 Å². The van der Waals surface area contributed by atoms with Gasteiger partial charge in [-0.2, -0.15) is 13.2 Å². The molecule has 1 aromatic heterocycles. The Balaban J connectivity index is 2.33. The molecule has 0 aromatic carbocycles. The number of anilines is 1. The van der Waals surface area contributed by atoms with E-state index >= 15 is 0 Å². The highest BCUT2D eigenvalue weighted by Gasteiger charge is 2.35. The van der Waals surface area contributed by atoms with Crippen LogP contribution in [0.5, 0.6) is 0 Å². The van der Waals surface area contributed by atoms with Crippen LogP contribution in [0.4, 0.5) is 19.0 Å². The van der Waals surface area contributed by atoms with Crippen molar-refractivity contribution in [2.24, 2.45) is 0 Å². The molecular weight excluding hydrogens is 313 g/mol. The molecule has 0 saturated carbocycles. The van der Waals surface area contributed by atoms with Gasteiger partial charge in [0.1, 0.15) is 5.82 Å². The third-order valence-corrected chi connectivity index (χ3v) is 3.30. The van der Waals surface area contributed by atoms with E-state index in [1.165, 1.54) is 12.0 Å². The minimum absolute atomic E-state index is 0.0612. The second kappa shape index (κ2) is 6.07. The summed E-state index contributed by atoms with van der Waals surface area (Å²) in [5.74, 6) is -0.462. The molecule has 0 amide bonds. The van der Waals surface area contributed by atoms with Gasteiger partial charge in [0.25, 0.3) is 0 Å². The predicted molar refractivity (Wildman–Crippen MR) is 68.2 cm³/mol. The molecule has 1 fully saturated rings. The van der Waals surface area contributed by atoms with Gasteiger partial charge in [0, 0.05) is 12.7 Å². The molecule has 1 aromatic rings. The molecule has 9 heteroatoms. The van der Waals surface area contributed by atoms with E-state index in [1.54, 1.807) is 0 Å². The van der Waals surface area contributed by atoms with Gasteiger partial charge < -0.3 is 14.4 Å². The van der Waals surface area contributed by atoms with Gasteiger partial charge in [-0.1, -0.05) is 11.6 Å². The number of pyridine rings is 1. The van der Waals surface area contributed by atoms with Crippen molar-refractivity contribution >= 4 is 23.4 Å². The number of nitrogens with zero attached hydrogens (tertiary/aromatic N) is 2. The summed E-state index contributed by atoms with van der Waals surface area (Å²) < 4.78 is 47.6. The van der Waals surface area contributed by atoms with Crippen LogP contribution in [-0.2, 0) is 20.4 Å². The Morgan fingerprint density at radius 2 is 2.29 bits per heavy atom.